The first-order chi connectivity index (χ1) is 36.0. The summed E-state index contributed by atoms with van der Waals surface area (Å²) >= 11 is 0. The van der Waals surface area contributed by atoms with Crippen molar-refractivity contribution in [2.75, 3.05) is 47.5 Å². The number of ether oxygens (including phenoxy) is 2. The Hall–Kier alpha value is -2.55. The second-order valence-corrected chi connectivity index (χ2v) is 23.1. The van der Waals surface area contributed by atoms with Gasteiger partial charge in [0.15, 0.2) is 6.10 Å². The fraction of sp³-hybridized carbons (Fsp3) is 0.781. The quantitative estimate of drug-likeness (QED) is 0.0195. The van der Waals surface area contributed by atoms with Crippen molar-refractivity contribution in [3.63, 3.8) is 0 Å². The molecule has 0 amide bonds. The van der Waals surface area contributed by atoms with Crippen molar-refractivity contribution in [3.8, 4) is 0 Å². The number of quaternary nitrogens is 1. The molecule has 0 N–H and O–H groups in total. The molecular weight excluding hydrogens is 942 g/mol. The maximum Gasteiger partial charge on any atom is 0.306 e. The van der Waals surface area contributed by atoms with Crippen LogP contribution in [0.25, 0.3) is 0 Å². The van der Waals surface area contributed by atoms with Crippen LogP contribution < -0.4 is 4.89 Å². The number of allylic oxidation sites excluding steroid dienone is 12. The molecule has 0 saturated carbocycles. The van der Waals surface area contributed by atoms with Gasteiger partial charge in [0.25, 0.3) is 7.82 Å². The van der Waals surface area contributed by atoms with Gasteiger partial charge in [0.05, 0.1) is 27.7 Å². The maximum atomic E-state index is 12.8. The van der Waals surface area contributed by atoms with Crippen LogP contribution >= 0.6 is 7.82 Å². The lowest BCUT2D eigenvalue weighted by atomic mass is 10.0. The largest absolute Gasteiger partial charge is 0.756 e. The number of likely N-dealkylation sites (N-methyl/N-ethyl adjacent to an activating group) is 1. The molecule has 0 spiro atoms. The Morgan fingerprint density at radius 2 is 0.770 bits per heavy atom. The standard InChI is InChI=1S/C64H116NO8P/c1-6-8-10-12-14-16-18-20-22-23-24-25-26-27-28-29-30-31-32-33-34-35-36-37-38-39-40-41-43-45-47-49-51-53-55-57-64(67)73-62(61-72-74(68,69)71-59-58-65(3,4)5)60-70-63(66)56-54-52-50-48-46-44-42-21-19-17-15-13-11-9-7-2/h8,10,14,16,20,22,24-25,27-28,30-31,62H,6-7,9,11-13,15,17-19,21,23,26,29,32-61H2,1-5H3/b10-8-,16-14-,22-20-,25-24-,28-27-,31-30-. The predicted octanol–water partition coefficient (Wildman–Crippen LogP) is 18.6. The summed E-state index contributed by atoms with van der Waals surface area (Å²) in [5, 5.41) is 0. The van der Waals surface area contributed by atoms with E-state index in [2.05, 4.69) is 86.8 Å². The van der Waals surface area contributed by atoms with Crippen LogP contribution in [-0.4, -0.2) is 70.0 Å². The molecule has 0 aromatic carbocycles. The van der Waals surface area contributed by atoms with Crippen LogP contribution in [0.5, 0.6) is 0 Å². The van der Waals surface area contributed by atoms with Gasteiger partial charge >= 0.3 is 11.9 Å². The molecule has 74 heavy (non-hydrogen) atoms. The lowest BCUT2D eigenvalue weighted by Gasteiger charge is -2.28. The molecule has 0 aliphatic heterocycles. The van der Waals surface area contributed by atoms with Gasteiger partial charge in [0.2, 0.25) is 0 Å². The number of rotatable bonds is 56. The minimum atomic E-state index is -4.63. The second-order valence-electron chi connectivity index (χ2n) is 21.7. The van der Waals surface area contributed by atoms with Crippen molar-refractivity contribution in [2.45, 2.75) is 277 Å². The minimum absolute atomic E-state index is 0.0303. The second kappa shape index (κ2) is 55.2. The first-order valence-electron chi connectivity index (χ1n) is 30.6. The SMILES string of the molecule is CC/C=C\C/C=C\C/C=C\C/C=C\C/C=C\C/C=C\CCCCCCCCCCCCCCCCCCC(=O)OC(COC(=O)CCCCCCCCCCCCCCCCC)COP(=O)([O-])OCC[N+](C)(C)C. The Labute approximate surface area is 457 Å². The third-order valence-electron chi connectivity index (χ3n) is 13.2. The average molecular weight is 1060 g/mol. The number of hydrogen-bond donors (Lipinski definition) is 0. The van der Waals surface area contributed by atoms with E-state index in [0.717, 1.165) is 77.0 Å². The lowest BCUT2D eigenvalue weighted by Crippen LogP contribution is -2.37. The van der Waals surface area contributed by atoms with Crippen LogP contribution in [0.3, 0.4) is 0 Å². The number of hydrogen-bond acceptors (Lipinski definition) is 8. The first kappa shape index (κ1) is 71.5. The van der Waals surface area contributed by atoms with E-state index in [1.165, 1.54) is 161 Å². The van der Waals surface area contributed by atoms with E-state index in [1.807, 2.05) is 21.1 Å². The zero-order chi connectivity index (χ0) is 54.2. The predicted molar refractivity (Wildman–Crippen MR) is 314 cm³/mol. The van der Waals surface area contributed by atoms with E-state index in [0.29, 0.717) is 17.4 Å². The summed E-state index contributed by atoms with van der Waals surface area (Å²) in [6, 6.07) is 0. The van der Waals surface area contributed by atoms with Crippen molar-refractivity contribution >= 4 is 19.8 Å². The van der Waals surface area contributed by atoms with Gasteiger partial charge in [-0.05, 0) is 64.2 Å². The molecule has 430 valence electrons. The van der Waals surface area contributed by atoms with Crippen LogP contribution in [0.1, 0.15) is 271 Å². The summed E-state index contributed by atoms with van der Waals surface area (Å²) < 4.78 is 34.2. The number of phosphoric acid groups is 1. The van der Waals surface area contributed by atoms with E-state index in [9.17, 15) is 19.0 Å². The summed E-state index contributed by atoms with van der Waals surface area (Å²) in [6.07, 6.45) is 72.4. The fourth-order valence-corrected chi connectivity index (χ4v) is 9.27. The van der Waals surface area contributed by atoms with Crippen molar-refractivity contribution in [3.05, 3.63) is 72.9 Å². The summed E-state index contributed by atoms with van der Waals surface area (Å²) in [6.45, 7) is 4.15. The number of unbranched alkanes of at least 4 members (excludes halogenated alkanes) is 30. The highest BCUT2D eigenvalue weighted by molar-refractivity contribution is 7.45. The molecule has 10 heteroatoms. The summed E-state index contributed by atoms with van der Waals surface area (Å²) in [5.74, 6) is -0.823. The summed E-state index contributed by atoms with van der Waals surface area (Å²) in [4.78, 5) is 37.9. The number of carbonyl (C=O) groups excluding carboxylic acids is 2. The third-order valence-corrected chi connectivity index (χ3v) is 14.2. The van der Waals surface area contributed by atoms with Crippen LogP contribution in [0, 0.1) is 0 Å². The van der Waals surface area contributed by atoms with E-state index < -0.39 is 26.5 Å². The zero-order valence-electron chi connectivity index (χ0n) is 48.8. The smallest absolute Gasteiger partial charge is 0.306 e. The van der Waals surface area contributed by atoms with Gasteiger partial charge in [0, 0.05) is 12.8 Å². The van der Waals surface area contributed by atoms with Crippen LogP contribution in [0.15, 0.2) is 72.9 Å². The highest BCUT2D eigenvalue weighted by Gasteiger charge is 2.22. The normalized spacial score (nSPS) is 13.8. The van der Waals surface area contributed by atoms with Gasteiger partial charge in [-0.1, -0.05) is 267 Å². The Morgan fingerprint density at radius 1 is 0.432 bits per heavy atom. The summed E-state index contributed by atoms with van der Waals surface area (Å²) in [5.41, 5.74) is 0. The molecule has 0 rings (SSSR count). The van der Waals surface area contributed by atoms with E-state index in [1.54, 1.807) is 0 Å². The van der Waals surface area contributed by atoms with Gasteiger partial charge in [-0.25, -0.2) is 0 Å². The Kier molecular flexibility index (Phi) is 53.3. The van der Waals surface area contributed by atoms with Gasteiger partial charge in [-0.15, -0.1) is 0 Å². The molecule has 0 aliphatic rings. The van der Waals surface area contributed by atoms with Crippen LogP contribution in [0.2, 0.25) is 0 Å². The van der Waals surface area contributed by atoms with Gasteiger partial charge in [0.1, 0.15) is 19.8 Å². The molecule has 0 radical (unpaired) electrons. The highest BCUT2D eigenvalue weighted by Crippen LogP contribution is 2.38. The molecule has 2 atom stereocenters. The van der Waals surface area contributed by atoms with E-state index in [4.69, 9.17) is 18.5 Å². The minimum Gasteiger partial charge on any atom is -0.756 e. The molecule has 9 nitrogen and oxygen atoms in total. The molecule has 0 saturated heterocycles. The summed E-state index contributed by atoms with van der Waals surface area (Å²) in [7, 11) is 1.17. The highest BCUT2D eigenvalue weighted by atomic mass is 31.2. The molecule has 0 bridgehead atoms. The topological polar surface area (TPSA) is 111 Å². The number of esters is 2. The lowest BCUT2D eigenvalue weighted by molar-refractivity contribution is -0.870. The van der Waals surface area contributed by atoms with Gasteiger partial charge in [-0.3, -0.25) is 14.2 Å². The molecule has 2 unspecified atom stereocenters. The van der Waals surface area contributed by atoms with Crippen molar-refractivity contribution in [2.24, 2.45) is 0 Å². The molecular formula is C64H116NO8P. The van der Waals surface area contributed by atoms with Gasteiger partial charge in [-0.2, -0.15) is 0 Å². The Bertz CT molecular complexity index is 1480. The molecule has 0 aliphatic carbocycles. The number of nitrogens with zero attached hydrogens (tertiary/aromatic N) is 1. The monoisotopic (exact) mass is 1060 g/mol. The average Bonchev–Trinajstić information content (AvgIpc) is 3.36. The van der Waals surface area contributed by atoms with Crippen LogP contribution in [-0.2, 0) is 32.7 Å². The van der Waals surface area contributed by atoms with Crippen LogP contribution in [0.4, 0.5) is 0 Å². The Balaban J connectivity index is 4.02. The van der Waals surface area contributed by atoms with Crippen molar-refractivity contribution in [1.29, 1.82) is 0 Å². The zero-order valence-corrected chi connectivity index (χ0v) is 49.7. The molecule has 0 aromatic rings. The Morgan fingerprint density at radius 3 is 1.15 bits per heavy atom. The number of phosphoric ester groups is 1. The fourth-order valence-electron chi connectivity index (χ4n) is 8.54. The maximum absolute atomic E-state index is 12.8. The molecule has 0 heterocycles. The third kappa shape index (κ3) is 58.7. The van der Waals surface area contributed by atoms with Gasteiger partial charge < -0.3 is 27.9 Å². The first-order valence-corrected chi connectivity index (χ1v) is 32.1. The van der Waals surface area contributed by atoms with E-state index >= 15 is 0 Å². The van der Waals surface area contributed by atoms with Crippen molar-refractivity contribution in [1.82, 2.24) is 0 Å². The van der Waals surface area contributed by atoms with E-state index in [-0.39, 0.29) is 32.0 Å². The van der Waals surface area contributed by atoms with Crippen molar-refractivity contribution < 1.29 is 42.1 Å². The number of carbonyl (C=O) groups is 2. The molecule has 0 aromatic heterocycles. The molecule has 0 fully saturated rings.